The van der Waals surface area contributed by atoms with E-state index >= 15 is 0 Å². The van der Waals surface area contributed by atoms with Gasteiger partial charge in [-0.3, -0.25) is 4.79 Å². The first-order valence-corrected chi connectivity index (χ1v) is 7.77. The predicted molar refractivity (Wildman–Crippen MR) is 87.6 cm³/mol. The van der Waals surface area contributed by atoms with E-state index in [9.17, 15) is 10.0 Å². The van der Waals surface area contributed by atoms with E-state index in [4.69, 9.17) is 4.74 Å². The first kappa shape index (κ1) is 15.3. The number of hydrogen-bond donors (Lipinski definition) is 1. The van der Waals surface area contributed by atoms with Gasteiger partial charge in [-0.05, 0) is 18.1 Å². The highest BCUT2D eigenvalue weighted by Gasteiger charge is 2.59. The molecule has 4 nitrogen and oxygen atoms in total. The number of esters is 1. The minimum atomic E-state index is -0.302. The summed E-state index contributed by atoms with van der Waals surface area (Å²) in [4.78, 5) is 12.3. The zero-order valence-corrected chi connectivity index (χ0v) is 12.9. The van der Waals surface area contributed by atoms with Crippen LogP contribution in [0.25, 0.3) is 0 Å². The molecule has 118 valence electrons. The van der Waals surface area contributed by atoms with Crippen LogP contribution in [-0.4, -0.2) is 23.5 Å². The van der Waals surface area contributed by atoms with Crippen LogP contribution in [-0.2, 0) is 9.53 Å². The molecule has 0 radical (unpaired) electrons. The van der Waals surface area contributed by atoms with Crippen molar-refractivity contribution in [3.8, 4) is 0 Å². The van der Waals surface area contributed by atoms with Crippen LogP contribution in [0.3, 0.4) is 0 Å². The molecule has 3 atom stereocenters. The summed E-state index contributed by atoms with van der Waals surface area (Å²) in [5, 5.41) is 13.0. The number of benzene rings is 2. The Morgan fingerprint density at radius 3 is 2.22 bits per heavy atom. The van der Waals surface area contributed by atoms with Gasteiger partial charge in [0.15, 0.2) is 0 Å². The first-order chi connectivity index (χ1) is 11.3. The number of oxime groups is 1. The van der Waals surface area contributed by atoms with Crippen molar-refractivity contribution < 1.29 is 14.7 Å². The monoisotopic (exact) mass is 309 g/mol. The van der Waals surface area contributed by atoms with E-state index in [-0.39, 0.29) is 23.7 Å². The highest BCUT2D eigenvalue weighted by molar-refractivity contribution is 6.07. The molecule has 2 aromatic rings. The Bertz CT molecular complexity index is 697. The Morgan fingerprint density at radius 2 is 1.65 bits per heavy atom. The fourth-order valence-electron chi connectivity index (χ4n) is 3.20. The Balaban J connectivity index is 1.93. The number of nitrogens with zero attached hydrogens (tertiary/aromatic N) is 1. The number of carbonyl (C=O) groups excluding carboxylic acids is 1. The zero-order valence-electron chi connectivity index (χ0n) is 12.9. The summed E-state index contributed by atoms with van der Waals surface area (Å²) in [6, 6.07) is 19.3. The second-order valence-electron chi connectivity index (χ2n) is 5.59. The average molecular weight is 309 g/mol. The van der Waals surface area contributed by atoms with E-state index in [1.54, 1.807) is 6.92 Å². The molecule has 0 heterocycles. The maximum Gasteiger partial charge on any atom is 0.310 e. The van der Waals surface area contributed by atoms with E-state index in [1.165, 1.54) is 0 Å². The lowest BCUT2D eigenvalue weighted by molar-refractivity contribution is -0.144. The van der Waals surface area contributed by atoms with Gasteiger partial charge >= 0.3 is 5.97 Å². The Labute approximate surface area is 135 Å². The minimum Gasteiger partial charge on any atom is -0.466 e. The molecule has 1 aliphatic rings. The van der Waals surface area contributed by atoms with Crippen LogP contribution in [0.4, 0.5) is 0 Å². The Morgan fingerprint density at radius 1 is 1.04 bits per heavy atom. The molecule has 3 rings (SSSR count). The van der Waals surface area contributed by atoms with Crippen molar-refractivity contribution in [1.82, 2.24) is 0 Å². The summed E-state index contributed by atoms with van der Waals surface area (Å²) in [5.74, 6) is -0.711. The van der Waals surface area contributed by atoms with Crippen LogP contribution in [0.15, 0.2) is 65.8 Å². The minimum absolute atomic E-state index is 0.0126. The zero-order chi connectivity index (χ0) is 16.2. The molecular weight excluding hydrogens is 290 g/mol. The van der Waals surface area contributed by atoms with E-state index < -0.39 is 0 Å². The molecule has 0 aromatic heterocycles. The molecule has 1 fully saturated rings. The molecule has 0 amide bonds. The SMILES string of the molecule is CCOC(=O)C1C(/C(=N\O)c2ccccc2)C1c1ccccc1. The van der Waals surface area contributed by atoms with Crippen molar-refractivity contribution in [3.05, 3.63) is 71.8 Å². The van der Waals surface area contributed by atoms with Crippen molar-refractivity contribution in [2.24, 2.45) is 17.0 Å². The summed E-state index contributed by atoms with van der Waals surface area (Å²) >= 11 is 0. The van der Waals surface area contributed by atoms with E-state index in [0.717, 1.165) is 11.1 Å². The Kier molecular flexibility index (Phi) is 4.42. The first-order valence-electron chi connectivity index (χ1n) is 7.77. The molecule has 3 unspecified atom stereocenters. The number of rotatable bonds is 5. The van der Waals surface area contributed by atoms with Gasteiger partial charge in [0.05, 0.1) is 18.2 Å². The fraction of sp³-hybridized carbons (Fsp3) is 0.263. The van der Waals surface area contributed by atoms with Crippen LogP contribution >= 0.6 is 0 Å². The highest BCUT2D eigenvalue weighted by Crippen LogP contribution is 2.56. The van der Waals surface area contributed by atoms with Gasteiger partial charge in [0.25, 0.3) is 0 Å². The van der Waals surface area contributed by atoms with Crippen molar-refractivity contribution >= 4 is 11.7 Å². The topological polar surface area (TPSA) is 58.9 Å². The lowest BCUT2D eigenvalue weighted by atomic mass is 10.0. The van der Waals surface area contributed by atoms with Crippen LogP contribution in [0.1, 0.15) is 24.0 Å². The van der Waals surface area contributed by atoms with Gasteiger partial charge in [0.1, 0.15) is 0 Å². The maximum atomic E-state index is 12.3. The molecule has 1 N–H and O–H groups in total. The van der Waals surface area contributed by atoms with Gasteiger partial charge in [-0.1, -0.05) is 65.8 Å². The quantitative estimate of drug-likeness (QED) is 0.398. The number of carbonyl (C=O) groups is 1. The smallest absolute Gasteiger partial charge is 0.310 e. The average Bonchev–Trinajstić information content (AvgIpc) is 3.33. The molecule has 0 bridgehead atoms. The highest BCUT2D eigenvalue weighted by atomic mass is 16.5. The van der Waals surface area contributed by atoms with Crippen molar-refractivity contribution in [2.75, 3.05) is 6.61 Å². The summed E-state index contributed by atoms with van der Waals surface area (Å²) in [6.07, 6.45) is 0. The maximum absolute atomic E-state index is 12.3. The third-order valence-electron chi connectivity index (χ3n) is 4.26. The third-order valence-corrected chi connectivity index (χ3v) is 4.26. The van der Waals surface area contributed by atoms with Gasteiger partial charge in [0.2, 0.25) is 0 Å². The standard InChI is InChI=1S/C19H19NO3/c1-2-23-19(21)17-15(13-9-5-3-6-10-13)16(17)18(20-22)14-11-7-4-8-12-14/h3-12,15-17,22H,2H2,1H3/b20-18-. The molecule has 1 aliphatic carbocycles. The van der Waals surface area contributed by atoms with Crippen molar-refractivity contribution in [1.29, 1.82) is 0 Å². The van der Waals surface area contributed by atoms with Crippen LogP contribution < -0.4 is 0 Å². The van der Waals surface area contributed by atoms with Gasteiger partial charge < -0.3 is 9.94 Å². The third kappa shape index (κ3) is 2.97. The van der Waals surface area contributed by atoms with Gasteiger partial charge in [-0.15, -0.1) is 0 Å². The Hall–Kier alpha value is -2.62. The summed E-state index contributed by atoms with van der Waals surface area (Å²) in [7, 11) is 0. The molecule has 2 aromatic carbocycles. The van der Waals surface area contributed by atoms with Crippen LogP contribution in [0.5, 0.6) is 0 Å². The number of hydrogen-bond acceptors (Lipinski definition) is 4. The molecule has 0 aliphatic heterocycles. The lowest BCUT2D eigenvalue weighted by Crippen LogP contribution is -2.12. The van der Waals surface area contributed by atoms with E-state index in [0.29, 0.717) is 12.3 Å². The molecule has 0 saturated heterocycles. The second kappa shape index (κ2) is 6.65. The van der Waals surface area contributed by atoms with Gasteiger partial charge in [-0.25, -0.2) is 0 Å². The molecule has 4 heteroatoms. The van der Waals surface area contributed by atoms with Crippen LogP contribution in [0, 0.1) is 11.8 Å². The predicted octanol–water partition coefficient (Wildman–Crippen LogP) is 3.46. The summed E-state index contributed by atoms with van der Waals surface area (Å²) in [5.41, 5.74) is 2.43. The molecule has 0 spiro atoms. The normalized spacial score (nSPS) is 23.3. The molecule has 1 saturated carbocycles. The largest absolute Gasteiger partial charge is 0.466 e. The fourth-order valence-corrected chi connectivity index (χ4v) is 3.20. The van der Waals surface area contributed by atoms with E-state index in [2.05, 4.69) is 5.16 Å². The van der Waals surface area contributed by atoms with Gasteiger partial charge in [-0.2, -0.15) is 0 Å². The second-order valence-corrected chi connectivity index (χ2v) is 5.59. The lowest BCUT2D eigenvalue weighted by Gasteiger charge is -2.04. The van der Waals surface area contributed by atoms with Crippen molar-refractivity contribution in [3.63, 3.8) is 0 Å². The number of ether oxygens (including phenoxy) is 1. The van der Waals surface area contributed by atoms with Gasteiger partial charge in [0, 0.05) is 11.8 Å². The summed E-state index contributed by atoms with van der Waals surface area (Å²) < 4.78 is 5.20. The van der Waals surface area contributed by atoms with Crippen LogP contribution in [0.2, 0.25) is 0 Å². The van der Waals surface area contributed by atoms with Crippen molar-refractivity contribution in [2.45, 2.75) is 12.8 Å². The van der Waals surface area contributed by atoms with E-state index in [1.807, 2.05) is 60.7 Å². The molecule has 23 heavy (non-hydrogen) atoms. The summed E-state index contributed by atoms with van der Waals surface area (Å²) in [6.45, 7) is 2.14. The molecular formula is C19H19NO3.